The second-order valence-electron chi connectivity index (χ2n) is 12.8. The van der Waals surface area contributed by atoms with Crippen LogP contribution in [-0.2, 0) is 23.1 Å². The molecule has 3 aromatic rings. The molecule has 12 nitrogen and oxygen atoms in total. The number of carbonyl (C=O) groups excluding carboxylic acids is 3. The largest absolute Gasteiger partial charge is 0.355 e. The highest BCUT2D eigenvalue weighted by molar-refractivity contribution is 5.95. The van der Waals surface area contributed by atoms with Crippen LogP contribution in [-0.4, -0.2) is 82.0 Å². The number of aromatic nitrogens is 4. The Hall–Kier alpha value is -4.63. The van der Waals surface area contributed by atoms with Crippen LogP contribution in [0.5, 0.6) is 0 Å². The number of tetrazole rings is 1. The fraction of sp³-hybridized carbons (Fsp3) is 0.500. The molecule has 1 unspecified atom stereocenters. The fourth-order valence-corrected chi connectivity index (χ4v) is 8.00. The van der Waals surface area contributed by atoms with Crippen molar-refractivity contribution in [3.63, 3.8) is 0 Å². The minimum atomic E-state index is -0.886. The Morgan fingerprint density at radius 1 is 0.957 bits per heavy atom. The molecule has 0 radical (unpaired) electrons. The Labute approximate surface area is 268 Å². The van der Waals surface area contributed by atoms with Gasteiger partial charge in [0.05, 0.1) is 18.0 Å². The Morgan fingerprint density at radius 3 is 2.13 bits per heavy atom. The SMILES string of the molecule is CNC(=O)c1ccc2c(c1)CCc1cc(C(=O)NC)ccc1C2(CC1(NCC(=O)N2CCCC2C#N)CCCCC1)c1nnn[nH]1. The first-order valence-corrected chi connectivity index (χ1v) is 16.2. The van der Waals surface area contributed by atoms with Gasteiger partial charge in [-0.2, -0.15) is 5.26 Å². The maximum absolute atomic E-state index is 13.5. The topological polar surface area (TPSA) is 169 Å². The van der Waals surface area contributed by atoms with Crippen molar-refractivity contribution in [2.45, 2.75) is 81.2 Å². The molecule has 4 N–H and O–H groups in total. The van der Waals surface area contributed by atoms with Gasteiger partial charge in [0.1, 0.15) is 6.04 Å². The van der Waals surface area contributed by atoms with Crippen molar-refractivity contribution < 1.29 is 14.4 Å². The summed E-state index contributed by atoms with van der Waals surface area (Å²) in [5.41, 5.74) is 3.79. The van der Waals surface area contributed by atoms with E-state index in [4.69, 9.17) is 0 Å². The summed E-state index contributed by atoms with van der Waals surface area (Å²) < 4.78 is 0. The number of benzene rings is 2. The van der Waals surface area contributed by atoms with E-state index in [1.54, 1.807) is 19.0 Å². The van der Waals surface area contributed by atoms with E-state index in [9.17, 15) is 19.6 Å². The van der Waals surface area contributed by atoms with Crippen molar-refractivity contribution in [2.75, 3.05) is 27.2 Å². The number of carbonyl (C=O) groups is 3. The van der Waals surface area contributed by atoms with Gasteiger partial charge in [0, 0.05) is 37.3 Å². The number of nitrogens with one attached hydrogen (secondary N) is 4. The molecule has 0 bridgehead atoms. The lowest BCUT2D eigenvalue weighted by Crippen LogP contribution is -2.55. The third kappa shape index (κ3) is 5.64. The van der Waals surface area contributed by atoms with Crippen molar-refractivity contribution >= 4 is 17.7 Å². The number of rotatable bonds is 8. The Balaban J connectivity index is 1.51. The summed E-state index contributed by atoms with van der Waals surface area (Å²) in [5.74, 6) is 0.177. The minimum absolute atomic E-state index is 0.0588. The molecular formula is C34H41N9O3. The second-order valence-corrected chi connectivity index (χ2v) is 12.8. The van der Waals surface area contributed by atoms with Crippen LogP contribution in [0, 0.1) is 11.3 Å². The highest BCUT2D eigenvalue weighted by Gasteiger charge is 2.50. The summed E-state index contributed by atoms with van der Waals surface area (Å²) in [6.07, 6.45) is 8.20. The number of hydrogen-bond donors (Lipinski definition) is 4. The van der Waals surface area contributed by atoms with Gasteiger partial charge in [-0.3, -0.25) is 14.4 Å². The molecule has 2 aromatic carbocycles. The molecule has 1 atom stereocenters. The zero-order chi connectivity index (χ0) is 32.3. The lowest BCUT2D eigenvalue weighted by Gasteiger charge is -2.46. The fourth-order valence-electron chi connectivity index (χ4n) is 8.00. The number of nitriles is 1. The van der Waals surface area contributed by atoms with Gasteiger partial charge in [0.15, 0.2) is 5.82 Å². The molecule has 0 spiro atoms. The number of aryl methyl sites for hydroxylation is 2. The Bertz CT molecular complexity index is 1590. The highest BCUT2D eigenvalue weighted by Crippen LogP contribution is 2.51. The van der Waals surface area contributed by atoms with Crippen molar-refractivity contribution in [2.24, 2.45) is 0 Å². The number of likely N-dealkylation sites (tertiary alicyclic amines) is 1. The van der Waals surface area contributed by atoms with Gasteiger partial charge in [-0.05, 0) is 102 Å². The smallest absolute Gasteiger partial charge is 0.251 e. The van der Waals surface area contributed by atoms with Crippen molar-refractivity contribution in [1.82, 2.24) is 41.5 Å². The lowest BCUT2D eigenvalue weighted by atomic mass is 9.62. The normalized spacial score (nSPS) is 19.7. The van der Waals surface area contributed by atoms with Gasteiger partial charge in [-0.1, -0.05) is 31.4 Å². The van der Waals surface area contributed by atoms with Crippen molar-refractivity contribution in [3.05, 3.63) is 75.6 Å². The summed E-state index contributed by atoms with van der Waals surface area (Å²) in [4.78, 5) is 40.7. The molecule has 1 aromatic heterocycles. The zero-order valence-corrected chi connectivity index (χ0v) is 26.5. The van der Waals surface area contributed by atoms with E-state index in [0.717, 1.165) is 60.8 Å². The van der Waals surface area contributed by atoms with E-state index < -0.39 is 11.0 Å². The molecule has 240 valence electrons. The van der Waals surface area contributed by atoms with Crippen LogP contribution in [0.2, 0.25) is 0 Å². The molecule has 6 rings (SSSR count). The van der Waals surface area contributed by atoms with Crippen LogP contribution >= 0.6 is 0 Å². The average Bonchev–Trinajstić information content (AvgIpc) is 3.80. The van der Waals surface area contributed by atoms with Gasteiger partial charge in [-0.15, -0.1) is 5.10 Å². The summed E-state index contributed by atoms with van der Waals surface area (Å²) >= 11 is 0. The van der Waals surface area contributed by atoms with Crippen LogP contribution in [0.1, 0.15) is 100 Å². The summed E-state index contributed by atoms with van der Waals surface area (Å²) in [6, 6.07) is 13.6. The van der Waals surface area contributed by atoms with Gasteiger partial charge >= 0.3 is 0 Å². The number of nitrogens with zero attached hydrogens (tertiary/aromatic N) is 5. The molecule has 3 amide bonds. The first-order chi connectivity index (χ1) is 22.3. The van der Waals surface area contributed by atoms with Crippen LogP contribution in [0.15, 0.2) is 36.4 Å². The third-order valence-corrected chi connectivity index (χ3v) is 10.3. The Kier molecular flexibility index (Phi) is 8.86. The summed E-state index contributed by atoms with van der Waals surface area (Å²) in [7, 11) is 3.24. The molecule has 46 heavy (non-hydrogen) atoms. The number of hydrogen-bond acceptors (Lipinski definition) is 8. The van der Waals surface area contributed by atoms with Crippen LogP contribution < -0.4 is 16.0 Å². The molecule has 1 saturated carbocycles. The van der Waals surface area contributed by atoms with E-state index in [1.807, 2.05) is 36.4 Å². The van der Waals surface area contributed by atoms with E-state index in [0.29, 0.717) is 49.2 Å². The number of fused-ring (bicyclic) bond motifs is 2. The number of aromatic amines is 1. The predicted molar refractivity (Wildman–Crippen MR) is 170 cm³/mol. The molecule has 12 heteroatoms. The maximum Gasteiger partial charge on any atom is 0.251 e. The van der Waals surface area contributed by atoms with E-state index in [1.165, 1.54) is 0 Å². The van der Waals surface area contributed by atoms with Crippen LogP contribution in [0.4, 0.5) is 0 Å². The first-order valence-electron chi connectivity index (χ1n) is 16.2. The predicted octanol–water partition coefficient (Wildman–Crippen LogP) is 2.55. The average molecular weight is 624 g/mol. The Morgan fingerprint density at radius 2 is 1.59 bits per heavy atom. The molecule has 2 heterocycles. The highest BCUT2D eigenvalue weighted by atomic mass is 16.2. The molecular weight excluding hydrogens is 582 g/mol. The third-order valence-electron chi connectivity index (χ3n) is 10.3. The monoisotopic (exact) mass is 623 g/mol. The van der Waals surface area contributed by atoms with Crippen LogP contribution in [0.3, 0.4) is 0 Å². The molecule has 2 fully saturated rings. The zero-order valence-electron chi connectivity index (χ0n) is 26.5. The first kappa shape index (κ1) is 31.4. The molecule has 1 saturated heterocycles. The quantitative estimate of drug-likeness (QED) is 0.297. The summed E-state index contributed by atoms with van der Waals surface area (Å²) in [5, 5.41) is 34.6. The van der Waals surface area contributed by atoms with E-state index in [-0.39, 0.29) is 30.3 Å². The van der Waals surface area contributed by atoms with Gasteiger partial charge in [0.25, 0.3) is 11.8 Å². The summed E-state index contributed by atoms with van der Waals surface area (Å²) in [6.45, 7) is 0.731. The van der Waals surface area contributed by atoms with Gasteiger partial charge < -0.3 is 20.9 Å². The van der Waals surface area contributed by atoms with Crippen molar-refractivity contribution in [1.29, 1.82) is 5.26 Å². The van der Waals surface area contributed by atoms with Crippen molar-refractivity contribution in [3.8, 4) is 6.07 Å². The lowest BCUT2D eigenvalue weighted by molar-refractivity contribution is -0.130. The van der Waals surface area contributed by atoms with Gasteiger partial charge in [-0.25, -0.2) is 5.10 Å². The molecule has 2 aliphatic carbocycles. The molecule has 1 aliphatic heterocycles. The number of amides is 3. The van der Waals surface area contributed by atoms with E-state index >= 15 is 0 Å². The number of H-pyrrole nitrogens is 1. The van der Waals surface area contributed by atoms with E-state index in [2.05, 4.69) is 42.6 Å². The maximum atomic E-state index is 13.5. The molecule has 3 aliphatic rings. The van der Waals surface area contributed by atoms with Gasteiger partial charge in [0.2, 0.25) is 5.91 Å². The standard InChI is InChI=1S/C34H41N9O3/c1-36-30(45)24-10-12-27-22(17-24)8-9-23-18-25(31(46)37-2)11-13-28(23)34(27,32-39-41-42-40-32)21-33(14-4-3-5-15-33)38-20-29(44)43-16-6-7-26(43)19-35/h10-13,17-18,26,38H,3-9,14-16,20-21H2,1-2H3,(H,36,45)(H,37,46)(H,39,40,41,42). The second kappa shape index (κ2) is 13.0. The van der Waals surface area contributed by atoms with Crippen LogP contribution in [0.25, 0.3) is 0 Å². The minimum Gasteiger partial charge on any atom is -0.355 e.